The molecule has 0 aromatic heterocycles. The van der Waals surface area contributed by atoms with Gasteiger partial charge in [0, 0.05) is 24.1 Å². The molecule has 22 heavy (non-hydrogen) atoms. The first kappa shape index (κ1) is 13.6. The Labute approximate surface area is 130 Å². The second-order valence-electron chi connectivity index (χ2n) is 6.46. The lowest BCUT2D eigenvalue weighted by molar-refractivity contribution is 0.218. The van der Waals surface area contributed by atoms with Crippen LogP contribution in [0.1, 0.15) is 35.4 Å². The van der Waals surface area contributed by atoms with Crippen molar-refractivity contribution in [3.63, 3.8) is 0 Å². The molecule has 4 rings (SSSR count). The van der Waals surface area contributed by atoms with E-state index in [4.69, 9.17) is 0 Å². The number of phenolic OH excluding ortho intramolecular Hbond substituents is 2. The Morgan fingerprint density at radius 2 is 1.82 bits per heavy atom. The number of likely N-dealkylation sites (tertiary alicyclic amines) is 1. The Bertz CT molecular complexity index is 683. The molecule has 3 nitrogen and oxygen atoms in total. The average molecular weight is 295 g/mol. The normalized spacial score (nSPS) is 24.0. The second-order valence-corrected chi connectivity index (χ2v) is 6.46. The highest BCUT2D eigenvalue weighted by Crippen LogP contribution is 2.46. The number of nitrogens with zero attached hydrogens (tertiary/aromatic N) is 1. The summed E-state index contributed by atoms with van der Waals surface area (Å²) in [6.45, 7) is 2.10. The molecule has 0 bridgehead atoms. The zero-order valence-corrected chi connectivity index (χ0v) is 12.6. The summed E-state index contributed by atoms with van der Waals surface area (Å²) in [4.78, 5) is 2.58. The third kappa shape index (κ3) is 2.17. The maximum absolute atomic E-state index is 10.1. The minimum absolute atomic E-state index is 0.0105. The van der Waals surface area contributed by atoms with Crippen molar-refractivity contribution in [2.75, 3.05) is 6.54 Å². The van der Waals surface area contributed by atoms with Gasteiger partial charge in [-0.15, -0.1) is 0 Å². The molecule has 0 radical (unpaired) electrons. The summed E-state index contributed by atoms with van der Waals surface area (Å²) in [5.74, 6) is 0.591. The summed E-state index contributed by atoms with van der Waals surface area (Å²) < 4.78 is 0. The van der Waals surface area contributed by atoms with Crippen molar-refractivity contribution in [2.24, 2.45) is 0 Å². The third-order valence-electron chi connectivity index (χ3n) is 5.28. The Kier molecular flexibility index (Phi) is 3.30. The summed E-state index contributed by atoms with van der Waals surface area (Å²) in [6.07, 6.45) is 3.04. The summed E-state index contributed by atoms with van der Waals surface area (Å²) in [5, 5.41) is 19.8. The number of hydrogen-bond donors (Lipinski definition) is 2. The van der Waals surface area contributed by atoms with Crippen LogP contribution in [0, 0.1) is 0 Å². The fraction of sp³-hybridized carbons (Fsp3) is 0.368. The van der Waals surface area contributed by atoms with Crippen LogP contribution in [0.25, 0.3) is 0 Å². The fourth-order valence-electron chi connectivity index (χ4n) is 4.22. The zero-order valence-electron chi connectivity index (χ0n) is 12.6. The van der Waals surface area contributed by atoms with Crippen molar-refractivity contribution in [1.29, 1.82) is 0 Å². The van der Waals surface area contributed by atoms with Gasteiger partial charge < -0.3 is 10.2 Å². The Balaban J connectivity index is 1.60. The summed E-state index contributed by atoms with van der Waals surface area (Å²) in [7, 11) is 0. The maximum atomic E-state index is 10.1. The van der Waals surface area contributed by atoms with E-state index < -0.39 is 0 Å². The lowest BCUT2D eigenvalue weighted by Gasteiger charge is -2.33. The van der Waals surface area contributed by atoms with Crippen LogP contribution in [0.3, 0.4) is 0 Å². The van der Waals surface area contributed by atoms with Gasteiger partial charge in [-0.05, 0) is 43.0 Å². The molecule has 1 fully saturated rings. The van der Waals surface area contributed by atoms with Crippen LogP contribution in [0.2, 0.25) is 0 Å². The molecule has 1 aliphatic carbocycles. The number of benzene rings is 2. The minimum Gasteiger partial charge on any atom is -0.504 e. The topological polar surface area (TPSA) is 43.7 Å². The molecule has 2 N–H and O–H groups in total. The van der Waals surface area contributed by atoms with E-state index in [0.717, 1.165) is 37.9 Å². The van der Waals surface area contributed by atoms with Crippen molar-refractivity contribution in [2.45, 2.75) is 37.8 Å². The number of phenols is 2. The molecule has 1 heterocycles. The maximum Gasteiger partial charge on any atom is 0.160 e. The van der Waals surface area contributed by atoms with E-state index in [0.29, 0.717) is 12.0 Å². The van der Waals surface area contributed by atoms with Gasteiger partial charge in [-0.25, -0.2) is 0 Å². The summed E-state index contributed by atoms with van der Waals surface area (Å²) in [5.41, 5.74) is 3.56. The molecule has 0 amide bonds. The van der Waals surface area contributed by atoms with Crippen molar-refractivity contribution in [1.82, 2.24) is 4.90 Å². The van der Waals surface area contributed by atoms with Crippen molar-refractivity contribution >= 4 is 0 Å². The predicted octanol–water partition coefficient (Wildman–Crippen LogP) is 3.40. The lowest BCUT2D eigenvalue weighted by atomic mass is 9.79. The van der Waals surface area contributed by atoms with Gasteiger partial charge in [-0.2, -0.15) is 0 Å². The van der Waals surface area contributed by atoms with E-state index in [9.17, 15) is 10.2 Å². The molecule has 2 unspecified atom stereocenters. The van der Waals surface area contributed by atoms with Gasteiger partial charge >= 0.3 is 0 Å². The van der Waals surface area contributed by atoms with Gasteiger partial charge in [0.05, 0.1) is 0 Å². The van der Waals surface area contributed by atoms with Gasteiger partial charge in [-0.3, -0.25) is 4.90 Å². The molecule has 0 saturated carbocycles. The quantitative estimate of drug-likeness (QED) is 0.835. The predicted molar refractivity (Wildman–Crippen MR) is 86.1 cm³/mol. The number of fused-ring (bicyclic) bond motifs is 3. The number of rotatable bonds is 2. The number of aromatic hydroxyl groups is 2. The molecule has 2 aromatic carbocycles. The lowest BCUT2D eigenvalue weighted by Crippen LogP contribution is -2.34. The highest BCUT2D eigenvalue weighted by Gasteiger charge is 2.39. The SMILES string of the molecule is Oc1ccc2c(c1O)CCC1C2CCN1Cc1ccccc1. The molecule has 2 atom stereocenters. The van der Waals surface area contributed by atoms with E-state index in [1.807, 2.05) is 6.07 Å². The van der Waals surface area contributed by atoms with E-state index in [1.54, 1.807) is 6.07 Å². The Morgan fingerprint density at radius 1 is 1.00 bits per heavy atom. The molecule has 0 spiro atoms. The molecule has 2 aliphatic rings. The van der Waals surface area contributed by atoms with Crippen molar-refractivity contribution in [3.8, 4) is 11.5 Å². The first-order valence-electron chi connectivity index (χ1n) is 8.05. The van der Waals surface area contributed by atoms with Crippen LogP contribution in [0.5, 0.6) is 11.5 Å². The summed E-state index contributed by atoms with van der Waals surface area (Å²) >= 11 is 0. The van der Waals surface area contributed by atoms with Crippen LogP contribution in [-0.4, -0.2) is 27.7 Å². The van der Waals surface area contributed by atoms with E-state index in [1.165, 1.54) is 11.1 Å². The first-order chi connectivity index (χ1) is 10.7. The van der Waals surface area contributed by atoms with Crippen LogP contribution < -0.4 is 0 Å². The Hall–Kier alpha value is -2.00. The number of hydrogen-bond acceptors (Lipinski definition) is 3. The van der Waals surface area contributed by atoms with Crippen molar-refractivity contribution < 1.29 is 10.2 Å². The monoisotopic (exact) mass is 295 g/mol. The highest BCUT2D eigenvalue weighted by atomic mass is 16.3. The van der Waals surface area contributed by atoms with Crippen LogP contribution in [0.4, 0.5) is 0 Å². The third-order valence-corrected chi connectivity index (χ3v) is 5.28. The van der Waals surface area contributed by atoms with Crippen LogP contribution in [0.15, 0.2) is 42.5 Å². The largest absolute Gasteiger partial charge is 0.504 e. The first-order valence-corrected chi connectivity index (χ1v) is 8.05. The molecule has 1 aliphatic heterocycles. The van der Waals surface area contributed by atoms with Gasteiger partial charge in [-0.1, -0.05) is 36.4 Å². The standard InChI is InChI=1S/C19H21NO2/c21-18-9-7-14-15-10-11-20(12-13-4-2-1-3-5-13)17(15)8-6-16(14)19(18)22/h1-5,7,9,15,17,21-22H,6,8,10-12H2. The van der Waals surface area contributed by atoms with Gasteiger partial charge in [0.25, 0.3) is 0 Å². The highest BCUT2D eigenvalue weighted by molar-refractivity contribution is 5.52. The molecule has 1 saturated heterocycles. The fourth-order valence-corrected chi connectivity index (χ4v) is 4.22. The van der Waals surface area contributed by atoms with E-state index in [-0.39, 0.29) is 11.5 Å². The average Bonchev–Trinajstić information content (AvgIpc) is 2.95. The van der Waals surface area contributed by atoms with Crippen LogP contribution in [-0.2, 0) is 13.0 Å². The van der Waals surface area contributed by atoms with Crippen molar-refractivity contribution in [3.05, 3.63) is 59.2 Å². The summed E-state index contributed by atoms with van der Waals surface area (Å²) in [6, 6.07) is 14.8. The van der Waals surface area contributed by atoms with Crippen LogP contribution >= 0.6 is 0 Å². The minimum atomic E-state index is 0.0105. The van der Waals surface area contributed by atoms with Gasteiger partial charge in [0.1, 0.15) is 0 Å². The molecule has 2 aromatic rings. The molecule has 3 heteroatoms. The van der Waals surface area contributed by atoms with Gasteiger partial charge in [0.2, 0.25) is 0 Å². The zero-order chi connectivity index (χ0) is 15.1. The molecule has 114 valence electrons. The molecular formula is C19H21NO2. The second kappa shape index (κ2) is 5.33. The Morgan fingerprint density at radius 3 is 2.64 bits per heavy atom. The molecular weight excluding hydrogens is 274 g/mol. The van der Waals surface area contributed by atoms with E-state index >= 15 is 0 Å². The van der Waals surface area contributed by atoms with Gasteiger partial charge in [0.15, 0.2) is 11.5 Å². The smallest absolute Gasteiger partial charge is 0.160 e. The van der Waals surface area contributed by atoms with E-state index in [2.05, 4.69) is 35.2 Å².